The fraction of sp³-hybridized carbons (Fsp3) is 0.320. The standard InChI is InChI=1S/C25H25F2N11O5S2/c26-22(27)19-9-17-10-29-25(33-18-5-7-36(8-6-18)44(40,41)12-21-30-14-31-35-21)34-23(17)37(24(19)39)11-16-3-1-2-4-20(16)45(42,43)38-15-28-13-32-38/h1-4,9-10,13-15,18,22H,5-8,11-12H2,(H,29,33,34)(H,30,31,35). The first-order valence-corrected chi connectivity index (χ1v) is 16.5. The van der Waals surface area contributed by atoms with E-state index in [-0.39, 0.29) is 58.1 Å². The number of halogens is 2. The molecule has 0 bridgehead atoms. The van der Waals surface area contributed by atoms with Crippen LogP contribution in [0.4, 0.5) is 14.7 Å². The molecule has 5 heterocycles. The number of rotatable bonds is 10. The fourth-order valence-electron chi connectivity index (χ4n) is 5.06. The van der Waals surface area contributed by atoms with Gasteiger partial charge in [0.15, 0.2) is 0 Å². The van der Waals surface area contributed by atoms with Crippen molar-refractivity contribution >= 4 is 37.0 Å². The molecule has 1 aromatic carbocycles. The number of hydrogen-bond donors (Lipinski definition) is 2. The van der Waals surface area contributed by atoms with Crippen molar-refractivity contribution in [3.63, 3.8) is 0 Å². The van der Waals surface area contributed by atoms with Crippen molar-refractivity contribution in [1.29, 1.82) is 0 Å². The van der Waals surface area contributed by atoms with Crippen LogP contribution < -0.4 is 10.9 Å². The zero-order valence-electron chi connectivity index (χ0n) is 23.2. The van der Waals surface area contributed by atoms with Gasteiger partial charge in [0, 0.05) is 30.7 Å². The Morgan fingerprint density at radius 2 is 1.84 bits per heavy atom. The van der Waals surface area contributed by atoms with Crippen LogP contribution >= 0.6 is 0 Å². The van der Waals surface area contributed by atoms with Gasteiger partial charge in [0.25, 0.3) is 22.0 Å². The van der Waals surface area contributed by atoms with Gasteiger partial charge in [-0.05, 0) is 30.5 Å². The summed E-state index contributed by atoms with van der Waals surface area (Å²) in [5.74, 6) is 0.0201. The van der Waals surface area contributed by atoms with Crippen molar-refractivity contribution in [2.24, 2.45) is 0 Å². The molecule has 5 aromatic rings. The van der Waals surface area contributed by atoms with E-state index in [0.717, 1.165) is 23.3 Å². The molecule has 6 rings (SSSR count). The van der Waals surface area contributed by atoms with Gasteiger partial charge >= 0.3 is 0 Å². The van der Waals surface area contributed by atoms with E-state index < -0.39 is 44.1 Å². The van der Waals surface area contributed by atoms with Crippen molar-refractivity contribution in [1.82, 2.24) is 48.2 Å². The summed E-state index contributed by atoms with van der Waals surface area (Å²) in [5.41, 5.74) is -1.69. The van der Waals surface area contributed by atoms with E-state index in [1.807, 2.05) is 0 Å². The summed E-state index contributed by atoms with van der Waals surface area (Å²) < 4.78 is 82.8. The van der Waals surface area contributed by atoms with Gasteiger partial charge in [-0.3, -0.25) is 14.5 Å². The van der Waals surface area contributed by atoms with E-state index in [1.54, 1.807) is 6.07 Å². The lowest BCUT2D eigenvalue weighted by molar-refractivity contribution is 0.149. The summed E-state index contributed by atoms with van der Waals surface area (Å²) in [4.78, 5) is 29.4. The Morgan fingerprint density at radius 3 is 2.53 bits per heavy atom. The molecule has 0 saturated carbocycles. The minimum atomic E-state index is -4.22. The van der Waals surface area contributed by atoms with Crippen LogP contribution in [-0.2, 0) is 32.3 Å². The predicted molar refractivity (Wildman–Crippen MR) is 154 cm³/mol. The molecular weight excluding hydrogens is 636 g/mol. The second-order valence-corrected chi connectivity index (χ2v) is 13.9. The van der Waals surface area contributed by atoms with Crippen LogP contribution in [0.1, 0.15) is 36.2 Å². The molecule has 16 nitrogen and oxygen atoms in total. The first kappa shape index (κ1) is 30.3. The number of piperidine rings is 1. The normalized spacial score (nSPS) is 15.2. The Morgan fingerprint density at radius 1 is 1.07 bits per heavy atom. The number of H-pyrrole nitrogens is 1. The number of hydrogen-bond acceptors (Lipinski definition) is 12. The summed E-state index contributed by atoms with van der Waals surface area (Å²) in [7, 11) is -7.84. The quantitative estimate of drug-likeness (QED) is 0.216. The summed E-state index contributed by atoms with van der Waals surface area (Å²) in [6.07, 6.45) is 2.32. The molecule has 1 saturated heterocycles. The molecule has 4 aromatic heterocycles. The van der Waals surface area contributed by atoms with Gasteiger partial charge in [0.1, 0.15) is 36.2 Å². The maximum Gasteiger partial charge on any atom is 0.284 e. The number of anilines is 1. The zero-order chi connectivity index (χ0) is 31.8. The van der Waals surface area contributed by atoms with Gasteiger partial charge in [-0.2, -0.15) is 18.5 Å². The Hall–Kier alpha value is -4.69. The van der Waals surface area contributed by atoms with E-state index in [4.69, 9.17) is 0 Å². The van der Waals surface area contributed by atoms with Crippen LogP contribution in [0.15, 0.2) is 65.2 Å². The molecule has 1 fully saturated rings. The minimum Gasteiger partial charge on any atom is -0.351 e. The highest BCUT2D eigenvalue weighted by molar-refractivity contribution is 7.90. The Balaban J connectivity index is 1.29. The number of alkyl halides is 2. The van der Waals surface area contributed by atoms with E-state index in [0.29, 0.717) is 16.9 Å². The third-order valence-corrected chi connectivity index (χ3v) is 10.7. The maximum atomic E-state index is 13.9. The highest BCUT2D eigenvalue weighted by Crippen LogP contribution is 2.25. The molecule has 45 heavy (non-hydrogen) atoms. The van der Waals surface area contributed by atoms with Gasteiger partial charge in [-0.15, -0.1) is 9.19 Å². The molecule has 20 heteroatoms. The van der Waals surface area contributed by atoms with Crippen LogP contribution in [0.5, 0.6) is 0 Å². The van der Waals surface area contributed by atoms with Crippen LogP contribution in [0.25, 0.3) is 11.0 Å². The lowest BCUT2D eigenvalue weighted by Crippen LogP contribution is -2.43. The van der Waals surface area contributed by atoms with Crippen molar-refractivity contribution in [2.45, 2.75) is 42.5 Å². The Bertz CT molecular complexity index is 2100. The van der Waals surface area contributed by atoms with Crippen molar-refractivity contribution < 1.29 is 25.6 Å². The van der Waals surface area contributed by atoms with Crippen LogP contribution in [0.2, 0.25) is 0 Å². The SMILES string of the molecule is O=c1c(C(F)F)cc2cnc(NC3CCN(S(=O)(=O)Cc4ncn[nH]4)CC3)nc2n1Cc1ccccc1S(=O)(=O)n1cncn1. The van der Waals surface area contributed by atoms with E-state index in [9.17, 15) is 30.4 Å². The van der Waals surface area contributed by atoms with Gasteiger partial charge in [-0.1, -0.05) is 18.2 Å². The third kappa shape index (κ3) is 6.15. The largest absolute Gasteiger partial charge is 0.351 e. The summed E-state index contributed by atoms with van der Waals surface area (Å²) in [6, 6.07) is 6.60. The number of pyridine rings is 1. The van der Waals surface area contributed by atoms with Gasteiger partial charge in [0.05, 0.1) is 17.0 Å². The summed E-state index contributed by atoms with van der Waals surface area (Å²) in [6.45, 7) is 0.0420. The summed E-state index contributed by atoms with van der Waals surface area (Å²) in [5, 5.41) is 13.2. The molecule has 1 aliphatic heterocycles. The highest BCUT2D eigenvalue weighted by atomic mass is 32.2. The molecule has 236 valence electrons. The predicted octanol–water partition coefficient (Wildman–Crippen LogP) is 1.13. The molecule has 0 aliphatic carbocycles. The fourth-order valence-corrected chi connectivity index (χ4v) is 7.75. The monoisotopic (exact) mass is 661 g/mol. The van der Waals surface area contributed by atoms with Crippen molar-refractivity contribution in [3.8, 4) is 0 Å². The number of fused-ring (bicyclic) bond motifs is 1. The lowest BCUT2D eigenvalue weighted by Gasteiger charge is -2.31. The second-order valence-electron chi connectivity index (χ2n) is 10.2. The molecule has 0 atom stereocenters. The molecule has 0 spiro atoms. The number of nitrogens with zero attached hydrogens (tertiary/aromatic N) is 9. The van der Waals surface area contributed by atoms with Crippen LogP contribution in [0, 0.1) is 0 Å². The first-order chi connectivity index (χ1) is 21.5. The molecule has 2 N–H and O–H groups in total. The maximum absolute atomic E-state index is 13.9. The highest BCUT2D eigenvalue weighted by Gasteiger charge is 2.30. The topological polar surface area (TPSA) is 204 Å². The molecule has 1 aliphatic rings. The number of sulfonamides is 1. The van der Waals surface area contributed by atoms with E-state index in [2.05, 4.69) is 40.5 Å². The molecule has 0 radical (unpaired) electrons. The number of aromatic amines is 1. The Kier molecular flexibility index (Phi) is 8.10. The van der Waals surface area contributed by atoms with Crippen LogP contribution in [-0.4, -0.2) is 84.2 Å². The second kappa shape index (κ2) is 12.0. The molecule has 0 amide bonds. The number of benzene rings is 1. The smallest absolute Gasteiger partial charge is 0.284 e. The van der Waals surface area contributed by atoms with Gasteiger partial charge in [0.2, 0.25) is 16.0 Å². The Labute approximate surface area is 254 Å². The lowest BCUT2D eigenvalue weighted by atomic mass is 10.1. The molecule has 0 unspecified atom stereocenters. The van der Waals surface area contributed by atoms with Crippen molar-refractivity contribution in [3.05, 3.63) is 82.8 Å². The summed E-state index contributed by atoms with van der Waals surface area (Å²) >= 11 is 0. The van der Waals surface area contributed by atoms with Gasteiger partial charge in [-0.25, -0.2) is 36.5 Å². The third-order valence-electron chi connectivity index (χ3n) is 7.28. The molecular formula is C25H25F2N11O5S2. The van der Waals surface area contributed by atoms with Crippen molar-refractivity contribution in [2.75, 3.05) is 18.4 Å². The average molecular weight is 662 g/mol. The van der Waals surface area contributed by atoms with Crippen LogP contribution in [0.3, 0.4) is 0 Å². The number of nitrogens with one attached hydrogen (secondary N) is 2. The zero-order valence-corrected chi connectivity index (χ0v) is 24.9. The number of aromatic nitrogens is 9. The van der Waals surface area contributed by atoms with Gasteiger partial charge < -0.3 is 5.32 Å². The average Bonchev–Trinajstić information content (AvgIpc) is 3.74. The van der Waals surface area contributed by atoms with E-state index >= 15 is 0 Å². The first-order valence-electron chi connectivity index (χ1n) is 13.5. The minimum absolute atomic E-state index is 0.00179. The van der Waals surface area contributed by atoms with E-state index in [1.165, 1.54) is 35.0 Å².